The lowest BCUT2D eigenvalue weighted by molar-refractivity contribution is -0.121. The van der Waals surface area contributed by atoms with Gasteiger partial charge < -0.3 is 10.1 Å². The molecule has 0 saturated heterocycles. The van der Waals surface area contributed by atoms with E-state index in [4.69, 9.17) is 16.3 Å². The molecule has 1 N–H and O–H groups in total. The van der Waals surface area contributed by atoms with Crippen molar-refractivity contribution in [2.45, 2.75) is 25.8 Å². The highest BCUT2D eigenvalue weighted by Gasteiger charge is 2.10. The van der Waals surface area contributed by atoms with E-state index in [0.29, 0.717) is 17.9 Å². The Bertz CT molecular complexity index is 625. The number of carbonyl (C=O) groups is 1. The van der Waals surface area contributed by atoms with Crippen LogP contribution < -0.4 is 10.1 Å². The minimum atomic E-state index is -0.0374. The molecule has 0 aliphatic rings. The van der Waals surface area contributed by atoms with Crippen LogP contribution in [0.15, 0.2) is 48.5 Å². The highest BCUT2D eigenvalue weighted by Crippen LogP contribution is 2.19. The number of aryl methyl sites for hydroxylation is 1. The fourth-order valence-corrected chi connectivity index (χ4v) is 2.47. The molecule has 0 heterocycles. The van der Waals surface area contributed by atoms with E-state index in [1.807, 2.05) is 55.5 Å². The van der Waals surface area contributed by atoms with Gasteiger partial charge in [-0.15, -0.1) is 0 Å². The summed E-state index contributed by atoms with van der Waals surface area (Å²) in [6.45, 7) is 1.97. The van der Waals surface area contributed by atoms with Crippen molar-refractivity contribution < 1.29 is 9.53 Å². The maximum Gasteiger partial charge on any atom is 0.220 e. The molecule has 2 aromatic carbocycles. The molecule has 3 nitrogen and oxygen atoms in total. The predicted molar refractivity (Wildman–Crippen MR) is 89.3 cm³/mol. The van der Waals surface area contributed by atoms with Gasteiger partial charge in [-0.2, -0.15) is 0 Å². The number of halogens is 1. The Kier molecular flexibility index (Phi) is 5.84. The highest BCUT2D eigenvalue weighted by atomic mass is 35.5. The number of carbonyl (C=O) groups excluding carboxylic acids is 1. The summed E-state index contributed by atoms with van der Waals surface area (Å²) in [5, 5.41) is 3.71. The number of hydrogen-bond acceptors (Lipinski definition) is 2. The molecule has 0 radical (unpaired) electrons. The summed E-state index contributed by atoms with van der Waals surface area (Å²) >= 11 is 6.09. The molecule has 2 rings (SSSR count). The molecule has 0 saturated carbocycles. The second kappa shape index (κ2) is 7.85. The summed E-state index contributed by atoms with van der Waals surface area (Å²) in [6, 6.07) is 15.3. The van der Waals surface area contributed by atoms with Gasteiger partial charge in [0.15, 0.2) is 0 Å². The summed E-state index contributed by atoms with van der Waals surface area (Å²) in [7, 11) is 1.63. The second-order valence-corrected chi connectivity index (χ2v) is 5.56. The van der Waals surface area contributed by atoms with Crippen molar-refractivity contribution in [3.05, 3.63) is 64.7 Å². The van der Waals surface area contributed by atoms with Gasteiger partial charge in [0, 0.05) is 11.4 Å². The zero-order valence-electron chi connectivity index (χ0n) is 12.8. The van der Waals surface area contributed by atoms with Crippen molar-refractivity contribution in [2.24, 2.45) is 0 Å². The van der Waals surface area contributed by atoms with Gasteiger partial charge in [0.05, 0.1) is 13.2 Å². The molecule has 0 fully saturated rings. The zero-order chi connectivity index (χ0) is 15.9. The molecule has 22 heavy (non-hydrogen) atoms. The third kappa shape index (κ3) is 4.50. The Labute approximate surface area is 136 Å². The van der Waals surface area contributed by atoms with Crippen LogP contribution in [0, 0.1) is 0 Å². The van der Waals surface area contributed by atoms with Gasteiger partial charge >= 0.3 is 0 Å². The van der Waals surface area contributed by atoms with Crippen LogP contribution in [0.3, 0.4) is 0 Å². The van der Waals surface area contributed by atoms with Crippen molar-refractivity contribution in [3.8, 4) is 5.75 Å². The van der Waals surface area contributed by atoms with E-state index in [1.165, 1.54) is 0 Å². The third-order valence-electron chi connectivity index (χ3n) is 3.57. The minimum Gasteiger partial charge on any atom is -0.497 e. The topological polar surface area (TPSA) is 38.3 Å². The molecular weight excluding hydrogens is 298 g/mol. The van der Waals surface area contributed by atoms with Crippen molar-refractivity contribution in [1.82, 2.24) is 5.32 Å². The molecule has 0 aliphatic heterocycles. The van der Waals surface area contributed by atoms with Crippen LogP contribution in [-0.4, -0.2) is 13.0 Å². The lowest BCUT2D eigenvalue weighted by atomic mass is 10.1. The van der Waals surface area contributed by atoms with Crippen LogP contribution in [-0.2, 0) is 11.2 Å². The van der Waals surface area contributed by atoms with E-state index in [9.17, 15) is 4.79 Å². The van der Waals surface area contributed by atoms with E-state index in [2.05, 4.69) is 5.32 Å². The van der Waals surface area contributed by atoms with Crippen LogP contribution in [0.1, 0.15) is 30.5 Å². The maximum atomic E-state index is 12.1. The SMILES string of the molecule is COc1ccc(C(C)NC(=O)CCc2ccccc2Cl)cc1. The number of amides is 1. The summed E-state index contributed by atoms with van der Waals surface area (Å²) in [5.41, 5.74) is 2.04. The van der Waals surface area contributed by atoms with Gasteiger partial charge in [-0.1, -0.05) is 41.9 Å². The molecule has 1 atom stereocenters. The van der Waals surface area contributed by atoms with Gasteiger partial charge in [0.1, 0.15) is 5.75 Å². The minimum absolute atomic E-state index is 0.0169. The molecule has 4 heteroatoms. The number of benzene rings is 2. The first kappa shape index (κ1) is 16.4. The Morgan fingerprint density at radius 3 is 2.50 bits per heavy atom. The molecule has 0 aliphatic carbocycles. The van der Waals surface area contributed by atoms with Gasteiger partial charge in [0.2, 0.25) is 5.91 Å². The van der Waals surface area contributed by atoms with E-state index in [1.54, 1.807) is 7.11 Å². The Hall–Kier alpha value is -2.00. The second-order valence-electron chi connectivity index (χ2n) is 5.15. The number of methoxy groups -OCH3 is 1. The van der Waals surface area contributed by atoms with Crippen molar-refractivity contribution in [2.75, 3.05) is 7.11 Å². The van der Waals surface area contributed by atoms with Crippen molar-refractivity contribution >= 4 is 17.5 Å². The molecule has 0 aromatic heterocycles. The van der Waals surface area contributed by atoms with Crippen LogP contribution in [0.4, 0.5) is 0 Å². The van der Waals surface area contributed by atoms with E-state index >= 15 is 0 Å². The fraction of sp³-hybridized carbons (Fsp3) is 0.278. The van der Waals surface area contributed by atoms with Gasteiger partial charge in [-0.25, -0.2) is 0 Å². The number of nitrogens with one attached hydrogen (secondary N) is 1. The van der Waals surface area contributed by atoms with Crippen LogP contribution >= 0.6 is 11.6 Å². The highest BCUT2D eigenvalue weighted by molar-refractivity contribution is 6.31. The third-order valence-corrected chi connectivity index (χ3v) is 3.94. The van der Waals surface area contributed by atoms with Gasteiger partial charge in [-0.3, -0.25) is 4.79 Å². The average Bonchev–Trinajstić information content (AvgIpc) is 2.54. The number of rotatable bonds is 6. The molecule has 116 valence electrons. The first-order valence-electron chi connectivity index (χ1n) is 7.27. The summed E-state index contributed by atoms with van der Waals surface area (Å²) in [5.74, 6) is 0.823. The smallest absolute Gasteiger partial charge is 0.220 e. The molecule has 0 bridgehead atoms. The molecule has 1 unspecified atom stereocenters. The van der Waals surface area contributed by atoms with Crippen molar-refractivity contribution in [3.63, 3.8) is 0 Å². The maximum absolute atomic E-state index is 12.1. The summed E-state index contributed by atoms with van der Waals surface area (Å²) in [4.78, 5) is 12.1. The van der Waals surface area contributed by atoms with Crippen LogP contribution in [0.5, 0.6) is 5.75 Å². The normalized spacial score (nSPS) is 11.8. The van der Waals surface area contributed by atoms with Gasteiger partial charge in [0.25, 0.3) is 0 Å². The largest absolute Gasteiger partial charge is 0.497 e. The quantitative estimate of drug-likeness (QED) is 0.868. The van der Waals surface area contributed by atoms with E-state index in [-0.39, 0.29) is 11.9 Å². The van der Waals surface area contributed by atoms with E-state index < -0.39 is 0 Å². The Balaban J connectivity index is 1.87. The van der Waals surface area contributed by atoms with Crippen molar-refractivity contribution in [1.29, 1.82) is 0 Å². The lowest BCUT2D eigenvalue weighted by Crippen LogP contribution is -2.26. The number of hydrogen-bond donors (Lipinski definition) is 1. The standard InChI is InChI=1S/C18H20ClNO2/c1-13(14-7-10-16(22-2)11-8-14)20-18(21)12-9-15-5-3-4-6-17(15)19/h3-8,10-11,13H,9,12H2,1-2H3,(H,20,21). The van der Waals surface area contributed by atoms with E-state index in [0.717, 1.165) is 16.9 Å². The zero-order valence-corrected chi connectivity index (χ0v) is 13.6. The van der Waals surface area contributed by atoms with Gasteiger partial charge in [-0.05, 0) is 42.7 Å². The average molecular weight is 318 g/mol. The number of ether oxygens (including phenoxy) is 1. The molecular formula is C18H20ClNO2. The molecule has 1 amide bonds. The Morgan fingerprint density at radius 2 is 1.86 bits per heavy atom. The van der Waals surface area contributed by atoms with Crippen LogP contribution in [0.2, 0.25) is 5.02 Å². The summed E-state index contributed by atoms with van der Waals surface area (Å²) in [6.07, 6.45) is 1.06. The monoisotopic (exact) mass is 317 g/mol. The first-order chi connectivity index (χ1) is 10.6. The fourth-order valence-electron chi connectivity index (χ4n) is 2.24. The molecule has 0 spiro atoms. The molecule has 2 aromatic rings. The summed E-state index contributed by atoms with van der Waals surface area (Å²) < 4.78 is 5.13. The Morgan fingerprint density at radius 1 is 1.18 bits per heavy atom. The lowest BCUT2D eigenvalue weighted by Gasteiger charge is -2.15. The van der Waals surface area contributed by atoms with Crippen LogP contribution in [0.25, 0.3) is 0 Å². The predicted octanol–water partition coefficient (Wildman–Crippen LogP) is 4.16. The first-order valence-corrected chi connectivity index (χ1v) is 7.64.